The van der Waals surface area contributed by atoms with Crippen LogP contribution in [0.15, 0.2) is 0 Å². The molecule has 0 N–H and O–H groups in total. The Kier molecular flexibility index (Phi) is 8.89. The first-order valence-corrected chi connectivity index (χ1v) is 8.11. The number of carbonyl (C=O) groups is 1. The second-order valence-corrected chi connectivity index (χ2v) is 5.69. The SMILES string of the molecule is CCCCCCCCCN1CCCCC1C(=O)OC. The van der Waals surface area contributed by atoms with Crippen LogP contribution in [-0.4, -0.2) is 37.1 Å². The van der Waals surface area contributed by atoms with E-state index in [0.717, 1.165) is 25.9 Å². The van der Waals surface area contributed by atoms with Crippen molar-refractivity contribution >= 4 is 5.97 Å². The normalized spacial score (nSPS) is 20.4. The first-order valence-electron chi connectivity index (χ1n) is 8.11. The number of rotatable bonds is 9. The van der Waals surface area contributed by atoms with Gasteiger partial charge >= 0.3 is 5.97 Å². The molecular formula is C16H31NO2. The van der Waals surface area contributed by atoms with Gasteiger partial charge in [-0.3, -0.25) is 9.69 Å². The van der Waals surface area contributed by atoms with Crippen molar-refractivity contribution in [1.82, 2.24) is 4.90 Å². The fourth-order valence-corrected chi connectivity index (χ4v) is 2.93. The first kappa shape index (κ1) is 16.5. The van der Waals surface area contributed by atoms with E-state index in [1.54, 1.807) is 0 Å². The average Bonchev–Trinajstić information content (AvgIpc) is 2.46. The molecule has 3 heteroatoms. The van der Waals surface area contributed by atoms with E-state index < -0.39 is 0 Å². The van der Waals surface area contributed by atoms with Crippen molar-refractivity contribution in [3.63, 3.8) is 0 Å². The lowest BCUT2D eigenvalue weighted by molar-refractivity contribution is -0.148. The van der Waals surface area contributed by atoms with Crippen LogP contribution in [0.5, 0.6) is 0 Å². The van der Waals surface area contributed by atoms with Crippen molar-refractivity contribution in [2.75, 3.05) is 20.2 Å². The Balaban J connectivity index is 2.13. The highest BCUT2D eigenvalue weighted by Crippen LogP contribution is 2.19. The number of esters is 1. The van der Waals surface area contributed by atoms with Crippen LogP contribution in [0.25, 0.3) is 0 Å². The summed E-state index contributed by atoms with van der Waals surface area (Å²) in [6.45, 7) is 4.38. The van der Waals surface area contributed by atoms with E-state index in [9.17, 15) is 4.79 Å². The lowest BCUT2D eigenvalue weighted by atomic mass is 10.0. The summed E-state index contributed by atoms with van der Waals surface area (Å²) in [5.41, 5.74) is 0. The molecule has 1 rings (SSSR count). The predicted octanol–water partition coefficient (Wildman–Crippen LogP) is 3.76. The Morgan fingerprint density at radius 1 is 1.11 bits per heavy atom. The van der Waals surface area contributed by atoms with E-state index in [-0.39, 0.29) is 12.0 Å². The molecule has 112 valence electrons. The third-order valence-corrected chi connectivity index (χ3v) is 4.14. The minimum Gasteiger partial charge on any atom is -0.468 e. The highest BCUT2D eigenvalue weighted by Gasteiger charge is 2.28. The molecule has 1 heterocycles. The van der Waals surface area contributed by atoms with Crippen molar-refractivity contribution < 1.29 is 9.53 Å². The molecule has 0 bridgehead atoms. The van der Waals surface area contributed by atoms with Gasteiger partial charge in [0.05, 0.1) is 7.11 Å². The molecule has 3 nitrogen and oxygen atoms in total. The van der Waals surface area contributed by atoms with E-state index in [0.29, 0.717) is 0 Å². The molecule has 0 aromatic carbocycles. The van der Waals surface area contributed by atoms with E-state index >= 15 is 0 Å². The largest absolute Gasteiger partial charge is 0.468 e. The summed E-state index contributed by atoms with van der Waals surface area (Å²) in [6.07, 6.45) is 12.7. The lowest BCUT2D eigenvalue weighted by Crippen LogP contribution is -2.45. The molecule has 19 heavy (non-hydrogen) atoms. The van der Waals surface area contributed by atoms with Crippen LogP contribution in [0.1, 0.15) is 71.1 Å². The average molecular weight is 269 g/mol. The Morgan fingerprint density at radius 3 is 2.47 bits per heavy atom. The van der Waals surface area contributed by atoms with Gasteiger partial charge in [0.25, 0.3) is 0 Å². The van der Waals surface area contributed by atoms with Gasteiger partial charge in [-0.05, 0) is 32.4 Å². The zero-order chi connectivity index (χ0) is 13.9. The number of unbranched alkanes of at least 4 members (excludes halogenated alkanes) is 6. The molecule has 1 fully saturated rings. The first-order chi connectivity index (χ1) is 9.29. The van der Waals surface area contributed by atoms with Crippen LogP contribution in [-0.2, 0) is 9.53 Å². The second kappa shape index (κ2) is 10.2. The molecule has 1 aliphatic rings. The fraction of sp³-hybridized carbons (Fsp3) is 0.938. The third kappa shape index (κ3) is 6.42. The van der Waals surface area contributed by atoms with Crippen LogP contribution in [0, 0.1) is 0 Å². The number of likely N-dealkylation sites (tertiary alicyclic amines) is 1. The molecule has 0 amide bonds. The Labute approximate surface area is 118 Å². The molecule has 0 aliphatic carbocycles. The van der Waals surface area contributed by atoms with Crippen LogP contribution in [0.4, 0.5) is 0 Å². The van der Waals surface area contributed by atoms with Crippen LogP contribution >= 0.6 is 0 Å². The minimum atomic E-state index is -0.0392. The monoisotopic (exact) mass is 269 g/mol. The number of hydrogen-bond donors (Lipinski definition) is 0. The summed E-state index contributed by atoms with van der Waals surface area (Å²) >= 11 is 0. The van der Waals surface area contributed by atoms with Gasteiger partial charge in [0.2, 0.25) is 0 Å². The zero-order valence-corrected chi connectivity index (χ0v) is 12.8. The Hall–Kier alpha value is -0.570. The number of hydrogen-bond acceptors (Lipinski definition) is 3. The molecule has 1 aliphatic heterocycles. The van der Waals surface area contributed by atoms with E-state index in [4.69, 9.17) is 4.74 Å². The topological polar surface area (TPSA) is 29.5 Å². The summed E-state index contributed by atoms with van der Waals surface area (Å²) in [5.74, 6) is -0.0392. The summed E-state index contributed by atoms with van der Waals surface area (Å²) in [7, 11) is 1.50. The fourth-order valence-electron chi connectivity index (χ4n) is 2.93. The van der Waals surface area contributed by atoms with Gasteiger partial charge in [0.1, 0.15) is 6.04 Å². The second-order valence-electron chi connectivity index (χ2n) is 5.69. The summed E-state index contributed by atoms with van der Waals surface area (Å²) in [6, 6.07) is 0.0267. The highest BCUT2D eigenvalue weighted by atomic mass is 16.5. The number of methoxy groups -OCH3 is 1. The van der Waals surface area contributed by atoms with Gasteiger partial charge in [0, 0.05) is 0 Å². The van der Waals surface area contributed by atoms with E-state index in [2.05, 4.69) is 11.8 Å². The van der Waals surface area contributed by atoms with Crippen molar-refractivity contribution in [3.8, 4) is 0 Å². The van der Waals surface area contributed by atoms with Gasteiger partial charge in [-0.15, -0.1) is 0 Å². The van der Waals surface area contributed by atoms with E-state index in [1.165, 1.54) is 58.5 Å². The maximum absolute atomic E-state index is 11.7. The van der Waals surface area contributed by atoms with Crippen LogP contribution in [0.3, 0.4) is 0 Å². The molecule has 1 atom stereocenters. The van der Waals surface area contributed by atoms with Gasteiger partial charge in [-0.2, -0.15) is 0 Å². The number of carbonyl (C=O) groups excluding carboxylic acids is 1. The van der Waals surface area contributed by atoms with Gasteiger partial charge < -0.3 is 4.74 Å². The Morgan fingerprint density at radius 2 is 1.79 bits per heavy atom. The maximum Gasteiger partial charge on any atom is 0.323 e. The maximum atomic E-state index is 11.7. The number of nitrogens with zero attached hydrogens (tertiary/aromatic N) is 1. The molecule has 0 aromatic rings. The number of piperidine rings is 1. The summed E-state index contributed by atoms with van der Waals surface area (Å²) in [5, 5.41) is 0. The molecule has 0 spiro atoms. The quantitative estimate of drug-likeness (QED) is 0.471. The molecule has 1 unspecified atom stereocenters. The Bertz CT molecular complexity index is 243. The van der Waals surface area contributed by atoms with Crippen molar-refractivity contribution in [2.24, 2.45) is 0 Å². The molecular weight excluding hydrogens is 238 g/mol. The summed E-state index contributed by atoms with van der Waals surface area (Å²) < 4.78 is 4.91. The standard InChI is InChI=1S/C16H31NO2/c1-3-4-5-6-7-8-10-13-17-14-11-9-12-15(17)16(18)19-2/h15H,3-14H2,1-2H3. The van der Waals surface area contributed by atoms with Gasteiger partial charge in [0.15, 0.2) is 0 Å². The van der Waals surface area contributed by atoms with Gasteiger partial charge in [-0.25, -0.2) is 0 Å². The zero-order valence-electron chi connectivity index (χ0n) is 12.8. The molecule has 0 aromatic heterocycles. The molecule has 0 saturated carbocycles. The van der Waals surface area contributed by atoms with Crippen LogP contribution < -0.4 is 0 Å². The molecule has 1 saturated heterocycles. The highest BCUT2D eigenvalue weighted by molar-refractivity contribution is 5.75. The lowest BCUT2D eigenvalue weighted by Gasteiger charge is -2.33. The third-order valence-electron chi connectivity index (χ3n) is 4.14. The predicted molar refractivity (Wildman–Crippen MR) is 79.2 cm³/mol. The van der Waals surface area contributed by atoms with Crippen molar-refractivity contribution in [3.05, 3.63) is 0 Å². The van der Waals surface area contributed by atoms with Gasteiger partial charge in [-0.1, -0.05) is 51.9 Å². The van der Waals surface area contributed by atoms with Crippen LogP contribution in [0.2, 0.25) is 0 Å². The summed E-state index contributed by atoms with van der Waals surface area (Å²) in [4.78, 5) is 14.1. The minimum absolute atomic E-state index is 0.0267. The van der Waals surface area contributed by atoms with Crippen molar-refractivity contribution in [1.29, 1.82) is 0 Å². The number of ether oxygens (including phenoxy) is 1. The van der Waals surface area contributed by atoms with Crippen molar-refractivity contribution in [2.45, 2.75) is 77.2 Å². The molecule has 0 radical (unpaired) electrons. The van der Waals surface area contributed by atoms with E-state index in [1.807, 2.05) is 0 Å². The smallest absolute Gasteiger partial charge is 0.323 e.